The average Bonchev–Trinajstić information content (AvgIpc) is 3.79. The minimum absolute atomic E-state index is 0.242. The highest BCUT2D eigenvalue weighted by Gasteiger charge is 2.45. The third-order valence-electron chi connectivity index (χ3n) is 7.60. The van der Waals surface area contributed by atoms with Crippen molar-refractivity contribution in [1.29, 1.82) is 0 Å². The third-order valence-corrected chi connectivity index (χ3v) is 8.62. The number of rotatable bonds is 8. The third kappa shape index (κ3) is 4.78. The Morgan fingerprint density at radius 3 is 2.74 bits per heavy atom. The van der Waals surface area contributed by atoms with Crippen molar-refractivity contribution in [2.45, 2.75) is 43.9 Å². The zero-order valence-electron chi connectivity index (χ0n) is 22.7. The van der Waals surface area contributed by atoms with Gasteiger partial charge >= 0.3 is 5.69 Å². The van der Waals surface area contributed by atoms with Gasteiger partial charge in [0.2, 0.25) is 5.95 Å². The van der Waals surface area contributed by atoms with E-state index in [-0.39, 0.29) is 11.8 Å². The number of aromatic nitrogens is 7. The molecule has 0 radical (unpaired) electrons. The Morgan fingerprint density at radius 2 is 1.98 bits per heavy atom. The number of benzene rings is 1. The highest BCUT2D eigenvalue weighted by Crippen LogP contribution is 2.31. The molecule has 4 atom stereocenters. The SMILES string of the molecule is CO[C@@H]1[C@H](O)[C@@H](CO)O[C@H]1n1ccc(Nc2nc(N3CCCC3)c3ncn(Cc4nc5ccccc5s4)c3n2)nc1=O. The summed E-state index contributed by atoms with van der Waals surface area (Å²) in [4.78, 5) is 38.4. The van der Waals surface area contributed by atoms with Crippen molar-refractivity contribution in [2.75, 3.05) is 37.0 Å². The number of imidazole rings is 1. The number of hydrogen-bond acceptors (Lipinski definition) is 13. The summed E-state index contributed by atoms with van der Waals surface area (Å²) in [7, 11) is 1.41. The normalized spacial score (nSPS) is 22.5. The van der Waals surface area contributed by atoms with Crippen molar-refractivity contribution in [1.82, 2.24) is 34.1 Å². The highest BCUT2D eigenvalue weighted by molar-refractivity contribution is 7.18. The van der Waals surface area contributed by atoms with Gasteiger partial charge in [-0.2, -0.15) is 15.0 Å². The molecule has 6 heterocycles. The van der Waals surface area contributed by atoms with Crippen LogP contribution in [0, 0.1) is 0 Å². The lowest BCUT2D eigenvalue weighted by Gasteiger charge is -2.20. The molecule has 218 valence electrons. The van der Waals surface area contributed by atoms with E-state index in [9.17, 15) is 15.0 Å². The highest BCUT2D eigenvalue weighted by atomic mass is 32.1. The molecule has 2 saturated heterocycles. The Kier molecular flexibility index (Phi) is 7.03. The summed E-state index contributed by atoms with van der Waals surface area (Å²) in [5.74, 6) is 1.25. The molecular weight excluding hydrogens is 562 g/mol. The maximum absolute atomic E-state index is 13.0. The number of nitrogens with one attached hydrogen (secondary N) is 1. The molecule has 0 spiro atoms. The first-order chi connectivity index (χ1) is 20.5. The number of aliphatic hydroxyl groups is 2. The van der Waals surface area contributed by atoms with Crippen LogP contribution < -0.4 is 15.9 Å². The van der Waals surface area contributed by atoms with Gasteiger partial charge in [0, 0.05) is 26.4 Å². The minimum Gasteiger partial charge on any atom is -0.394 e. The zero-order chi connectivity index (χ0) is 28.8. The lowest BCUT2D eigenvalue weighted by atomic mass is 10.1. The first-order valence-electron chi connectivity index (χ1n) is 13.7. The molecular formula is C27H29N9O5S. The topological polar surface area (TPSA) is 166 Å². The van der Waals surface area contributed by atoms with Crippen molar-refractivity contribution >= 4 is 50.3 Å². The number of aliphatic hydroxyl groups excluding tert-OH is 2. The summed E-state index contributed by atoms with van der Waals surface area (Å²) in [6.45, 7) is 1.83. The molecule has 0 amide bonds. The Labute approximate surface area is 243 Å². The Hall–Kier alpha value is -4.02. The summed E-state index contributed by atoms with van der Waals surface area (Å²) in [5.41, 5.74) is 1.68. The van der Waals surface area contributed by atoms with Crippen LogP contribution in [0.25, 0.3) is 21.4 Å². The number of thiazole rings is 1. The monoisotopic (exact) mass is 591 g/mol. The molecule has 14 nitrogen and oxygen atoms in total. The van der Waals surface area contributed by atoms with Gasteiger partial charge in [-0.05, 0) is 31.0 Å². The van der Waals surface area contributed by atoms with Crippen LogP contribution in [0.4, 0.5) is 17.6 Å². The van der Waals surface area contributed by atoms with Gasteiger partial charge in [0.25, 0.3) is 0 Å². The first-order valence-corrected chi connectivity index (χ1v) is 14.5. The first kappa shape index (κ1) is 26.9. The van der Waals surface area contributed by atoms with E-state index in [1.807, 2.05) is 22.8 Å². The molecule has 7 rings (SSSR count). The van der Waals surface area contributed by atoms with Crippen LogP contribution in [0.1, 0.15) is 24.1 Å². The second-order valence-electron chi connectivity index (χ2n) is 10.3. The molecule has 2 fully saturated rings. The van der Waals surface area contributed by atoms with Crippen molar-refractivity contribution in [3.8, 4) is 0 Å². The smallest absolute Gasteiger partial charge is 0.351 e. The van der Waals surface area contributed by atoms with Crippen molar-refractivity contribution in [2.24, 2.45) is 0 Å². The van der Waals surface area contributed by atoms with E-state index in [4.69, 9.17) is 24.4 Å². The van der Waals surface area contributed by atoms with Crippen LogP contribution in [0.3, 0.4) is 0 Å². The van der Waals surface area contributed by atoms with Crippen LogP contribution in [0.2, 0.25) is 0 Å². The molecule has 0 unspecified atom stereocenters. The Morgan fingerprint density at radius 1 is 1.14 bits per heavy atom. The van der Waals surface area contributed by atoms with E-state index in [1.54, 1.807) is 23.7 Å². The van der Waals surface area contributed by atoms with Gasteiger partial charge in [0.05, 0.1) is 29.7 Å². The molecule has 3 N–H and O–H groups in total. The van der Waals surface area contributed by atoms with E-state index in [0.29, 0.717) is 17.7 Å². The fourth-order valence-electron chi connectivity index (χ4n) is 5.52. The van der Waals surface area contributed by atoms with Gasteiger partial charge in [0.1, 0.15) is 29.1 Å². The van der Waals surface area contributed by atoms with Gasteiger partial charge in [-0.15, -0.1) is 11.3 Å². The molecule has 4 aromatic heterocycles. The predicted octanol–water partition coefficient (Wildman–Crippen LogP) is 1.65. The second kappa shape index (κ2) is 11.0. The molecule has 2 aliphatic heterocycles. The molecule has 15 heteroatoms. The predicted molar refractivity (Wildman–Crippen MR) is 155 cm³/mol. The lowest BCUT2D eigenvalue weighted by molar-refractivity contribution is -0.0624. The molecule has 2 aliphatic rings. The minimum atomic E-state index is -1.09. The van der Waals surface area contributed by atoms with Gasteiger partial charge in [-0.3, -0.25) is 4.57 Å². The standard InChI is InChI=1S/C27H29N9O5S/c1-40-22-21(38)16(13-37)41-25(22)36-11-8-18(31-27(36)39)30-26-32-23(34-9-4-5-10-34)20-24(33-26)35(14-28-20)12-19-29-15-6-2-3-7-17(15)42-19/h2-3,6-8,11,14,16,21-22,25,37-38H,4-5,9-10,12-13H2,1H3,(H,30,31,32,33,39)/t16-,21-,22-,25-/m1/s1. The van der Waals surface area contributed by atoms with Crippen LogP contribution in [0.5, 0.6) is 0 Å². The number of nitrogens with zero attached hydrogens (tertiary/aromatic N) is 8. The van der Waals surface area contributed by atoms with Crippen molar-refractivity contribution < 1.29 is 19.7 Å². The number of anilines is 3. The summed E-state index contributed by atoms with van der Waals surface area (Å²) in [6, 6.07) is 9.63. The fourth-order valence-corrected chi connectivity index (χ4v) is 6.49. The average molecular weight is 592 g/mol. The summed E-state index contributed by atoms with van der Waals surface area (Å²) >= 11 is 1.63. The van der Waals surface area contributed by atoms with Gasteiger partial charge < -0.3 is 34.5 Å². The van der Waals surface area contributed by atoms with Crippen molar-refractivity contribution in [3.05, 3.63) is 58.3 Å². The van der Waals surface area contributed by atoms with Crippen LogP contribution in [-0.2, 0) is 16.0 Å². The van der Waals surface area contributed by atoms with Gasteiger partial charge in [0.15, 0.2) is 23.2 Å². The lowest BCUT2D eigenvalue weighted by Crippen LogP contribution is -2.37. The number of hydrogen-bond donors (Lipinski definition) is 3. The quantitative estimate of drug-likeness (QED) is 0.239. The summed E-state index contributed by atoms with van der Waals surface area (Å²) in [5, 5.41) is 23.9. The van der Waals surface area contributed by atoms with E-state index in [1.165, 1.54) is 17.9 Å². The molecule has 0 bridgehead atoms. The zero-order valence-corrected chi connectivity index (χ0v) is 23.5. The van der Waals surface area contributed by atoms with E-state index < -0.39 is 36.8 Å². The summed E-state index contributed by atoms with van der Waals surface area (Å²) in [6.07, 6.45) is 1.64. The number of ether oxygens (including phenoxy) is 2. The summed E-state index contributed by atoms with van der Waals surface area (Å²) < 4.78 is 15.3. The second-order valence-corrected chi connectivity index (χ2v) is 11.4. The maximum Gasteiger partial charge on any atom is 0.351 e. The van der Waals surface area contributed by atoms with E-state index >= 15 is 0 Å². The van der Waals surface area contributed by atoms with Crippen LogP contribution in [-0.4, -0.2) is 89.4 Å². The molecule has 0 aliphatic carbocycles. The largest absolute Gasteiger partial charge is 0.394 e. The molecule has 5 aromatic rings. The van der Waals surface area contributed by atoms with E-state index in [2.05, 4.69) is 26.3 Å². The number of fused-ring (bicyclic) bond motifs is 2. The number of methoxy groups -OCH3 is 1. The molecule has 1 aromatic carbocycles. The van der Waals surface area contributed by atoms with E-state index in [0.717, 1.165) is 47.0 Å². The van der Waals surface area contributed by atoms with Gasteiger partial charge in [-0.25, -0.2) is 14.8 Å². The van der Waals surface area contributed by atoms with Crippen LogP contribution in [0.15, 0.2) is 47.7 Å². The van der Waals surface area contributed by atoms with Crippen molar-refractivity contribution in [3.63, 3.8) is 0 Å². The van der Waals surface area contributed by atoms with Crippen LogP contribution >= 0.6 is 11.3 Å². The Balaban J connectivity index is 1.21. The molecule has 0 saturated carbocycles. The number of para-hydroxylation sites is 1. The van der Waals surface area contributed by atoms with Gasteiger partial charge in [-0.1, -0.05) is 12.1 Å². The maximum atomic E-state index is 13.0. The molecule has 42 heavy (non-hydrogen) atoms. The fraction of sp³-hybridized carbons (Fsp3) is 0.407. The Bertz CT molecular complexity index is 1770.